The number of hydrogen-bond donors (Lipinski definition) is 2. The standard InChI is InChI=1S/C16H22N4O2/c1-10(9-22-11(2)21)15-19-14-13(5-8-18-16(14)20-15)12-3-6-17-7-4-12/h5,8,10,12,17H,3-4,6-7,9H2,1-2H3,(H,18,19,20)/t10-/m1/s1. The highest BCUT2D eigenvalue weighted by Gasteiger charge is 2.21. The zero-order valence-corrected chi connectivity index (χ0v) is 13.1. The minimum Gasteiger partial charge on any atom is -0.465 e. The van der Waals surface area contributed by atoms with Gasteiger partial charge in [-0.15, -0.1) is 0 Å². The molecular formula is C16H22N4O2. The first kappa shape index (κ1) is 15.0. The van der Waals surface area contributed by atoms with Gasteiger partial charge in [-0.1, -0.05) is 6.92 Å². The third kappa shape index (κ3) is 3.11. The van der Waals surface area contributed by atoms with Crippen LogP contribution in [0.25, 0.3) is 11.2 Å². The summed E-state index contributed by atoms with van der Waals surface area (Å²) in [6.07, 6.45) is 4.11. The highest BCUT2D eigenvalue weighted by molar-refractivity contribution is 5.75. The van der Waals surface area contributed by atoms with Crippen LogP contribution in [0.1, 0.15) is 49.9 Å². The molecule has 2 N–H and O–H groups in total. The molecule has 0 aromatic carbocycles. The maximum Gasteiger partial charge on any atom is 0.302 e. The predicted octanol–water partition coefficient (Wildman–Crippen LogP) is 2.09. The SMILES string of the molecule is CC(=O)OC[C@@H](C)c1nc2nccc(C3CCNCC3)c2[nH]1. The molecule has 2 aromatic rings. The molecule has 3 rings (SSSR count). The number of nitrogens with one attached hydrogen (secondary N) is 2. The number of rotatable bonds is 4. The molecule has 0 aliphatic carbocycles. The Labute approximate surface area is 129 Å². The van der Waals surface area contributed by atoms with Crippen molar-refractivity contribution in [3.63, 3.8) is 0 Å². The molecule has 1 atom stereocenters. The minimum atomic E-state index is -0.267. The number of hydrogen-bond acceptors (Lipinski definition) is 5. The monoisotopic (exact) mass is 302 g/mol. The van der Waals surface area contributed by atoms with Gasteiger partial charge in [0, 0.05) is 19.0 Å². The third-order valence-corrected chi connectivity index (χ3v) is 4.22. The number of fused-ring (bicyclic) bond motifs is 1. The Morgan fingerprint density at radius 1 is 1.45 bits per heavy atom. The summed E-state index contributed by atoms with van der Waals surface area (Å²) in [6, 6.07) is 2.09. The van der Waals surface area contributed by atoms with Crippen LogP contribution in [0.2, 0.25) is 0 Å². The lowest BCUT2D eigenvalue weighted by Crippen LogP contribution is -2.26. The molecule has 1 fully saturated rings. The van der Waals surface area contributed by atoms with Crippen molar-refractivity contribution < 1.29 is 9.53 Å². The fourth-order valence-corrected chi connectivity index (χ4v) is 2.98. The number of H-pyrrole nitrogens is 1. The molecule has 3 heterocycles. The second kappa shape index (κ2) is 6.44. The van der Waals surface area contributed by atoms with E-state index in [1.165, 1.54) is 12.5 Å². The van der Waals surface area contributed by atoms with E-state index in [9.17, 15) is 4.79 Å². The van der Waals surface area contributed by atoms with Gasteiger partial charge in [-0.25, -0.2) is 9.97 Å². The van der Waals surface area contributed by atoms with Crippen LogP contribution < -0.4 is 5.32 Å². The first-order chi connectivity index (χ1) is 10.6. The van der Waals surface area contributed by atoms with Crippen molar-refractivity contribution in [3.8, 4) is 0 Å². The average molecular weight is 302 g/mol. The molecule has 118 valence electrons. The van der Waals surface area contributed by atoms with E-state index in [1.807, 2.05) is 13.1 Å². The number of pyridine rings is 1. The largest absolute Gasteiger partial charge is 0.465 e. The summed E-state index contributed by atoms with van der Waals surface area (Å²) in [4.78, 5) is 23.3. The van der Waals surface area contributed by atoms with Gasteiger partial charge in [0.05, 0.1) is 5.52 Å². The van der Waals surface area contributed by atoms with Crippen LogP contribution in [0.15, 0.2) is 12.3 Å². The van der Waals surface area contributed by atoms with E-state index in [-0.39, 0.29) is 11.9 Å². The Hall–Kier alpha value is -1.95. The lowest BCUT2D eigenvalue weighted by atomic mass is 9.90. The quantitative estimate of drug-likeness (QED) is 0.845. The first-order valence-corrected chi connectivity index (χ1v) is 7.83. The number of piperidine rings is 1. The van der Waals surface area contributed by atoms with Crippen LogP contribution in [0.3, 0.4) is 0 Å². The summed E-state index contributed by atoms with van der Waals surface area (Å²) < 4.78 is 5.07. The van der Waals surface area contributed by atoms with Crippen molar-refractivity contribution >= 4 is 17.1 Å². The van der Waals surface area contributed by atoms with Gasteiger partial charge in [-0.05, 0) is 43.5 Å². The Morgan fingerprint density at radius 3 is 2.95 bits per heavy atom. The van der Waals surface area contributed by atoms with Crippen LogP contribution in [0, 0.1) is 0 Å². The number of aromatic nitrogens is 3. The Kier molecular flexibility index (Phi) is 4.38. The average Bonchev–Trinajstić information content (AvgIpc) is 2.97. The Balaban J connectivity index is 1.87. The zero-order chi connectivity index (χ0) is 15.5. The van der Waals surface area contributed by atoms with Crippen LogP contribution >= 0.6 is 0 Å². The highest BCUT2D eigenvalue weighted by Crippen LogP contribution is 2.30. The molecule has 0 bridgehead atoms. The number of imidazole rings is 1. The molecule has 2 aromatic heterocycles. The van der Waals surface area contributed by atoms with Gasteiger partial charge in [0.25, 0.3) is 0 Å². The first-order valence-electron chi connectivity index (χ1n) is 7.83. The van der Waals surface area contributed by atoms with Crippen LogP contribution in [-0.2, 0) is 9.53 Å². The topological polar surface area (TPSA) is 79.9 Å². The van der Waals surface area contributed by atoms with Gasteiger partial charge in [-0.2, -0.15) is 0 Å². The smallest absolute Gasteiger partial charge is 0.302 e. The minimum absolute atomic E-state index is 0.0268. The van der Waals surface area contributed by atoms with E-state index in [2.05, 4.69) is 26.3 Å². The Morgan fingerprint density at radius 2 is 2.23 bits per heavy atom. The van der Waals surface area contributed by atoms with Crippen LogP contribution in [0.5, 0.6) is 0 Å². The lowest BCUT2D eigenvalue weighted by Gasteiger charge is -2.23. The molecule has 1 saturated heterocycles. The number of carbonyl (C=O) groups excluding carboxylic acids is 1. The fraction of sp³-hybridized carbons (Fsp3) is 0.562. The predicted molar refractivity (Wildman–Crippen MR) is 83.8 cm³/mol. The van der Waals surface area contributed by atoms with Gasteiger partial charge >= 0.3 is 5.97 Å². The van der Waals surface area contributed by atoms with Crippen molar-refractivity contribution in [1.82, 2.24) is 20.3 Å². The number of nitrogens with zero attached hydrogens (tertiary/aromatic N) is 2. The van der Waals surface area contributed by atoms with E-state index in [0.29, 0.717) is 12.5 Å². The molecule has 6 nitrogen and oxygen atoms in total. The third-order valence-electron chi connectivity index (χ3n) is 4.22. The second-order valence-electron chi connectivity index (χ2n) is 5.95. The van der Waals surface area contributed by atoms with E-state index in [0.717, 1.165) is 42.9 Å². The number of ether oxygens (including phenoxy) is 1. The molecule has 0 unspecified atom stereocenters. The van der Waals surface area contributed by atoms with Crippen molar-refractivity contribution in [3.05, 3.63) is 23.7 Å². The number of aromatic amines is 1. The summed E-state index contributed by atoms with van der Waals surface area (Å²) in [7, 11) is 0. The normalized spacial score (nSPS) is 17.5. The highest BCUT2D eigenvalue weighted by atomic mass is 16.5. The van der Waals surface area contributed by atoms with Crippen LogP contribution in [0.4, 0.5) is 0 Å². The van der Waals surface area contributed by atoms with Gasteiger partial charge in [0.15, 0.2) is 5.65 Å². The van der Waals surface area contributed by atoms with Gasteiger partial charge < -0.3 is 15.0 Å². The molecule has 0 amide bonds. The summed E-state index contributed by atoms with van der Waals surface area (Å²) in [5.74, 6) is 1.13. The van der Waals surface area contributed by atoms with E-state index in [1.54, 1.807) is 0 Å². The molecule has 1 aliphatic rings. The summed E-state index contributed by atoms with van der Waals surface area (Å²) in [6.45, 7) is 5.85. The Bertz CT molecular complexity index is 661. The number of esters is 1. The zero-order valence-electron chi connectivity index (χ0n) is 13.1. The summed E-state index contributed by atoms with van der Waals surface area (Å²) in [5.41, 5.74) is 3.07. The van der Waals surface area contributed by atoms with E-state index in [4.69, 9.17) is 4.74 Å². The summed E-state index contributed by atoms with van der Waals surface area (Å²) in [5, 5.41) is 3.39. The van der Waals surface area contributed by atoms with Crippen molar-refractivity contribution in [2.24, 2.45) is 0 Å². The molecular weight excluding hydrogens is 280 g/mol. The second-order valence-corrected chi connectivity index (χ2v) is 5.95. The lowest BCUT2D eigenvalue weighted by molar-refractivity contribution is -0.141. The number of carbonyl (C=O) groups is 1. The molecule has 0 spiro atoms. The van der Waals surface area contributed by atoms with E-state index < -0.39 is 0 Å². The van der Waals surface area contributed by atoms with Crippen molar-refractivity contribution in [2.75, 3.05) is 19.7 Å². The molecule has 22 heavy (non-hydrogen) atoms. The van der Waals surface area contributed by atoms with Crippen LogP contribution in [-0.4, -0.2) is 40.6 Å². The van der Waals surface area contributed by atoms with Crippen molar-refractivity contribution in [2.45, 2.75) is 38.5 Å². The van der Waals surface area contributed by atoms with Crippen molar-refractivity contribution in [1.29, 1.82) is 0 Å². The van der Waals surface area contributed by atoms with Gasteiger partial charge in [0.1, 0.15) is 12.4 Å². The summed E-state index contributed by atoms with van der Waals surface area (Å²) >= 11 is 0. The maximum absolute atomic E-state index is 10.9. The van der Waals surface area contributed by atoms with Gasteiger partial charge in [-0.3, -0.25) is 4.79 Å². The molecule has 1 aliphatic heterocycles. The maximum atomic E-state index is 10.9. The van der Waals surface area contributed by atoms with E-state index >= 15 is 0 Å². The molecule has 6 heteroatoms. The molecule has 0 saturated carbocycles. The van der Waals surface area contributed by atoms with Gasteiger partial charge in [0.2, 0.25) is 0 Å². The fourth-order valence-electron chi connectivity index (χ4n) is 2.98. The molecule has 0 radical (unpaired) electrons.